The molecule has 11 N–H and O–H groups in total. The van der Waals surface area contributed by atoms with Gasteiger partial charge in [0.1, 0.15) is 20.0 Å². The molecule has 30 heteroatoms. The van der Waals surface area contributed by atoms with Crippen molar-refractivity contribution in [3.63, 3.8) is 0 Å². The first kappa shape index (κ1) is 101. The molecule has 2 bridgehead atoms. The third kappa shape index (κ3) is 59.2. The summed E-state index contributed by atoms with van der Waals surface area (Å²) in [6.45, 7) is 24.0. The molecule has 1 radical (unpaired) electrons. The molecule has 4 fully saturated rings. The quantitative estimate of drug-likeness (QED) is 0.0119. The van der Waals surface area contributed by atoms with E-state index in [0.29, 0.717) is 82.6 Å². The van der Waals surface area contributed by atoms with Crippen LogP contribution in [0.4, 0.5) is 0 Å². The minimum Gasteiger partial charge on any atom is -1.00 e. The fourth-order valence-electron chi connectivity index (χ4n) is 8.74. The van der Waals surface area contributed by atoms with Crippen LogP contribution in [0.25, 0.3) is 0 Å². The molecule has 0 aliphatic carbocycles. The van der Waals surface area contributed by atoms with Gasteiger partial charge in [-0.2, -0.15) is 0 Å². The van der Waals surface area contributed by atoms with E-state index >= 15 is 0 Å². The number of β-amino-alcohol motifs (C(OH)–C–C–N with tert-alkyl or cyclic N) is 2. The summed E-state index contributed by atoms with van der Waals surface area (Å²) >= 11 is 3.27. The van der Waals surface area contributed by atoms with Crippen LogP contribution in [0.5, 0.6) is 0 Å². The Kier molecular flexibility index (Phi) is 81.2. The number of ketones is 2. The second-order valence-corrected chi connectivity index (χ2v) is 19.6. The first-order chi connectivity index (χ1) is 40.7. The average molecular weight is 1400 g/mol. The van der Waals surface area contributed by atoms with Crippen LogP contribution in [-0.2, 0) is 70.4 Å². The maximum absolute atomic E-state index is 11.7. The number of piperazine rings is 1. The Morgan fingerprint density at radius 2 is 1.09 bits per heavy atom. The molecule has 503 valence electrons. The van der Waals surface area contributed by atoms with Crippen LogP contribution < -0.4 is 125 Å². The summed E-state index contributed by atoms with van der Waals surface area (Å²) in [5.74, 6) is -2.94. The molecule has 4 aliphatic heterocycles. The van der Waals surface area contributed by atoms with Gasteiger partial charge < -0.3 is 92.3 Å². The SMILES string of the molecule is C.CCOC(CBr)OCC.CCOC(CNC)OCC.CCOC1CC(OCC)CN(C)C1.CN1CC(O)CC(O)C1.CN1CC2CC(=O)CC(C1)N2Cc1ccccc1.Cl.NCc1ccccc1.O=C(O)CC(=O)CC(=O)O.O=CO[O-].[2H]N.[B]=N.[H-].[K+].[K+]. The molecule has 25 nitrogen and oxygen atoms in total. The topological polar surface area (TPSA) is 364 Å². The standard InChI is InChI=1S/C15H20N2O.C10H21NO2.C7H17NO2.C7H9N.C6H13BrO2.C6H13NO2.C5H6O5.CH2O3.CH4.BHN.ClH.2K.H3N.H/c1-16-10-13-7-15(18)8-14(11-16)17(13)9-12-5-3-2-4-6-12;1-4-12-9-6-10(13-5-2)8-11(3)7-9;1-4-9-7(6-8-3)10-5-2;8-6-7-4-2-1-3-5-7;1-3-8-6(5-7)9-4-2;1-7-3-5(8)2-6(9)4-7;6-3(1-4(7)8)2-5(9)10;2-1-4-3;;1-2;;;;;/h2-6,13-14H,7-11H2,1H3;9-10H,4-8H2,1-3H3;7-8H,4-6H2,1-3H3;1-5H,6,8H2;6H,3-5H2,1-2H3;5-6,8-9H,2-4H2,1H3;1-2H2,(H,7,8)(H,9,10);1,3H;1H4;2H;1H;;;1H3;/q;;;;;;;;;;;2*+1;;-1/p-1/i/hD. The first-order valence-electron chi connectivity index (χ1n) is 28.6. The van der Waals surface area contributed by atoms with E-state index in [1.54, 1.807) is 0 Å². The number of carboxylic acid groups (broad SMARTS) is 2. The fraction of sp³-hybridized carbons (Fsp3) is 0.707. The van der Waals surface area contributed by atoms with E-state index in [1.165, 1.54) is 11.1 Å². The van der Waals surface area contributed by atoms with Crippen LogP contribution in [0, 0.1) is 5.31 Å². The van der Waals surface area contributed by atoms with Crippen molar-refractivity contribution in [2.45, 2.75) is 150 Å². The molecule has 0 saturated carbocycles. The van der Waals surface area contributed by atoms with Crippen molar-refractivity contribution in [2.75, 3.05) is 119 Å². The van der Waals surface area contributed by atoms with Crippen molar-refractivity contribution in [1.82, 2.24) is 31.1 Å². The third-order valence-electron chi connectivity index (χ3n) is 11.8. The van der Waals surface area contributed by atoms with Gasteiger partial charge >= 0.3 is 128 Å². The van der Waals surface area contributed by atoms with Crippen molar-refractivity contribution in [3.8, 4) is 0 Å². The zero-order valence-corrected chi connectivity index (χ0v) is 62.6. The number of halogens is 2. The Morgan fingerprint density at radius 3 is 1.40 bits per heavy atom. The molecule has 88 heavy (non-hydrogen) atoms. The number of nitrogens with one attached hydrogen (secondary N) is 2. The number of nitrogens with zero attached hydrogens (tertiary/aromatic N) is 4. The number of carboxylic acids is 2. The number of nitrogens with two attached hydrogens (primary N) is 1. The van der Waals surface area contributed by atoms with Crippen molar-refractivity contribution in [1.29, 1.82) is 5.31 Å². The summed E-state index contributed by atoms with van der Waals surface area (Å²) in [5, 5.41) is 51.5. The smallest absolute Gasteiger partial charge is 1.00 e. The van der Waals surface area contributed by atoms with E-state index in [4.69, 9.17) is 71.4 Å². The van der Waals surface area contributed by atoms with E-state index in [-0.39, 0.29) is 155 Å². The van der Waals surface area contributed by atoms with Gasteiger partial charge in [0.25, 0.3) is 6.47 Å². The van der Waals surface area contributed by atoms with Crippen LogP contribution in [-0.4, -0.2) is 246 Å². The Bertz CT molecular complexity index is 1830. The number of piperidine rings is 3. The number of fused-ring (bicyclic) bond motifs is 2. The van der Waals surface area contributed by atoms with Crippen LogP contribution in [0.15, 0.2) is 60.7 Å². The van der Waals surface area contributed by atoms with Gasteiger partial charge in [-0.15, -0.1) is 12.4 Å². The first-order valence-corrected chi connectivity index (χ1v) is 29.2. The predicted octanol–water partition coefficient (Wildman–Crippen LogP) is -1.56. The molecule has 0 spiro atoms. The number of hydrogen-bond acceptors (Lipinski definition) is 23. The normalized spacial score (nSPS) is 19.1. The van der Waals surface area contributed by atoms with Crippen molar-refractivity contribution in [2.24, 2.45) is 5.73 Å². The number of carbonyl (C=O) groups excluding carboxylic acids is 3. The number of Topliss-reactive ketones (excluding diaryl/α,β-unsaturated/α-hetero) is 2. The Hall–Kier alpha value is -0.542. The van der Waals surface area contributed by atoms with Gasteiger partial charge in [0.15, 0.2) is 18.4 Å². The maximum Gasteiger partial charge on any atom is 1.00 e. The molecule has 2 aromatic carbocycles. The fourth-order valence-corrected chi connectivity index (χ4v) is 9.11. The molecule has 0 amide bonds. The van der Waals surface area contributed by atoms with Gasteiger partial charge in [-0.3, -0.25) is 28.9 Å². The number of aliphatic hydroxyl groups is 2. The third-order valence-corrected chi connectivity index (χ3v) is 12.3. The van der Waals surface area contributed by atoms with Gasteiger partial charge in [0.05, 0.1) is 29.7 Å². The van der Waals surface area contributed by atoms with Gasteiger partial charge in [0, 0.05) is 136 Å². The van der Waals surface area contributed by atoms with Crippen molar-refractivity contribution >= 4 is 66.0 Å². The van der Waals surface area contributed by atoms with Gasteiger partial charge in [0.2, 0.25) is 0 Å². The second kappa shape index (κ2) is 70.8. The Morgan fingerprint density at radius 1 is 0.727 bits per heavy atom. The average Bonchev–Trinajstić information content (AvgIpc) is 0.953. The number of aliphatic carboxylic acids is 2. The van der Waals surface area contributed by atoms with E-state index in [2.05, 4.69) is 99.0 Å². The van der Waals surface area contributed by atoms with Gasteiger partial charge in [-0.05, 0) is 80.9 Å². The predicted molar refractivity (Wildman–Crippen MR) is 340 cm³/mol. The molecule has 4 aliphatic rings. The summed E-state index contributed by atoms with van der Waals surface area (Å²) in [4.78, 5) is 62.0. The number of carbonyl (C=O) groups is 5. The molecule has 6 unspecified atom stereocenters. The largest absolute Gasteiger partial charge is 1.00 e. The molecule has 6 atom stereocenters. The van der Waals surface area contributed by atoms with Gasteiger partial charge in [-0.1, -0.05) is 84.0 Å². The van der Waals surface area contributed by atoms with Crippen molar-refractivity contribution < 1.29 is 189 Å². The summed E-state index contributed by atoms with van der Waals surface area (Å²) < 4.78 is 37.3. The van der Waals surface area contributed by atoms with E-state index in [0.717, 1.165) is 77.1 Å². The van der Waals surface area contributed by atoms with Gasteiger partial charge in [-0.25, -0.2) is 0 Å². The summed E-state index contributed by atoms with van der Waals surface area (Å²) in [7, 11) is 11.8. The Labute approximate surface area is 630 Å². The molecule has 4 heterocycles. The molecular formula is C58H110BBrClK2N8O17. The number of likely N-dealkylation sites (N-methyl/N-ethyl adjacent to an activating group) is 4. The van der Waals surface area contributed by atoms with Crippen LogP contribution in [0.1, 0.15) is 100 Å². The molecule has 2 aromatic rings. The van der Waals surface area contributed by atoms with Crippen LogP contribution in [0.2, 0.25) is 1.41 Å². The monoisotopic (exact) mass is 1390 g/mol. The molecule has 0 aromatic heterocycles. The van der Waals surface area contributed by atoms with Crippen molar-refractivity contribution in [3.05, 3.63) is 71.8 Å². The zero-order chi connectivity index (χ0) is 65.4. The number of hydrogen-bond donors (Lipinski definition) is 8. The number of benzene rings is 2. The minimum absolute atomic E-state index is 0. The molecule has 4 saturated heterocycles. The molecular weight excluding hydrogens is 1290 g/mol. The van der Waals surface area contributed by atoms with Crippen LogP contribution >= 0.6 is 28.3 Å². The van der Waals surface area contributed by atoms with Crippen LogP contribution in [0.3, 0.4) is 0 Å². The Balaban J connectivity index is -0.000000120. The number of ether oxygens (including phenoxy) is 6. The summed E-state index contributed by atoms with van der Waals surface area (Å²) in [6, 6.07) is 21.4. The summed E-state index contributed by atoms with van der Waals surface area (Å²) in [6.07, 6.45) is 5.26. The zero-order valence-electron chi connectivity index (χ0n) is 55.9. The molecule has 6 rings (SSSR count). The number of alkyl halides is 1. The van der Waals surface area contributed by atoms with E-state index in [9.17, 15) is 19.2 Å². The van der Waals surface area contributed by atoms with E-state index in [1.807, 2.05) is 90.9 Å². The number of rotatable bonds is 23. The van der Waals surface area contributed by atoms with E-state index < -0.39 is 30.6 Å². The summed E-state index contributed by atoms with van der Waals surface area (Å²) in [5.41, 5.74) is 7.89. The second-order valence-electron chi connectivity index (χ2n) is 19.0. The minimum atomic E-state index is -1.30. The maximum atomic E-state index is 11.7. The number of likely N-dealkylation sites (tertiary alicyclic amines) is 3. The number of aliphatic hydroxyl groups excluding tert-OH is 2.